The van der Waals surface area contributed by atoms with E-state index in [0.717, 1.165) is 10.4 Å². The Morgan fingerprint density at radius 3 is 2.63 bits per heavy atom. The molecule has 0 amide bonds. The van der Waals surface area contributed by atoms with Crippen LogP contribution < -0.4 is 0 Å². The lowest BCUT2D eigenvalue weighted by molar-refractivity contribution is -0.140. The number of esters is 1. The van der Waals surface area contributed by atoms with E-state index in [0.29, 0.717) is 5.56 Å². The van der Waals surface area contributed by atoms with Crippen LogP contribution >= 0.6 is 0 Å². The minimum Gasteiger partial charge on any atom is -0.469 e. The van der Waals surface area contributed by atoms with Crippen molar-refractivity contribution in [3.63, 3.8) is 0 Å². The fourth-order valence-corrected chi connectivity index (χ4v) is 2.76. The number of hydrogen-bond donors (Lipinski definition) is 0. The largest absolute Gasteiger partial charge is 0.469 e. The fraction of sp³-hybridized carbons (Fsp3) is 0.417. The number of sulfonamides is 1. The Bertz CT molecular complexity index is 571. The maximum Gasteiger partial charge on any atom is 0.306 e. The lowest BCUT2D eigenvalue weighted by Gasteiger charge is -2.17. The summed E-state index contributed by atoms with van der Waals surface area (Å²) in [7, 11) is -1.43. The normalized spacial score (nSPS) is 11.6. The molecule has 1 rings (SSSR count). The van der Waals surface area contributed by atoms with Crippen LogP contribution in [-0.4, -0.2) is 39.4 Å². The number of halogens is 1. The van der Waals surface area contributed by atoms with Crippen molar-refractivity contribution < 1.29 is 22.3 Å². The molecule has 0 bridgehead atoms. The Morgan fingerprint density at radius 1 is 1.42 bits per heavy atom. The number of nitrogens with zero attached hydrogens (tertiary/aromatic N) is 1. The van der Waals surface area contributed by atoms with Gasteiger partial charge >= 0.3 is 5.97 Å². The van der Waals surface area contributed by atoms with Crippen LogP contribution in [0.3, 0.4) is 0 Å². The summed E-state index contributed by atoms with van der Waals surface area (Å²) in [6, 6.07) is 3.86. The number of methoxy groups -OCH3 is 1. The predicted molar refractivity (Wildman–Crippen MR) is 67.6 cm³/mol. The summed E-state index contributed by atoms with van der Waals surface area (Å²) in [5.74, 6) is -1.33. The third-order valence-corrected chi connectivity index (χ3v) is 4.51. The summed E-state index contributed by atoms with van der Waals surface area (Å²) in [6.07, 6.45) is -0.0837. The van der Waals surface area contributed by atoms with Gasteiger partial charge in [0, 0.05) is 13.6 Å². The zero-order chi connectivity index (χ0) is 14.6. The number of carbonyl (C=O) groups is 1. The van der Waals surface area contributed by atoms with Crippen LogP contribution in [0.5, 0.6) is 0 Å². The first-order valence-electron chi connectivity index (χ1n) is 5.58. The summed E-state index contributed by atoms with van der Waals surface area (Å²) in [4.78, 5) is 10.6. The van der Waals surface area contributed by atoms with Crippen molar-refractivity contribution in [1.82, 2.24) is 4.31 Å². The maximum atomic E-state index is 13.6. The molecule has 0 unspecified atom stereocenters. The van der Waals surface area contributed by atoms with E-state index in [2.05, 4.69) is 4.74 Å². The number of carbonyl (C=O) groups excluding carboxylic acids is 1. The second-order valence-electron chi connectivity index (χ2n) is 4.09. The van der Waals surface area contributed by atoms with Gasteiger partial charge in [-0.2, -0.15) is 0 Å². The molecule has 0 fully saturated rings. The predicted octanol–water partition coefficient (Wildman–Crippen LogP) is 1.32. The second-order valence-corrected chi connectivity index (χ2v) is 6.10. The molecule has 1 aromatic carbocycles. The SMILES string of the molecule is COC(=O)CCN(C)S(=O)(=O)c1cc(C)ccc1F. The third-order valence-electron chi connectivity index (χ3n) is 2.63. The Balaban J connectivity index is 2.97. The van der Waals surface area contributed by atoms with Gasteiger partial charge in [-0.1, -0.05) is 6.07 Å². The van der Waals surface area contributed by atoms with E-state index in [9.17, 15) is 17.6 Å². The molecule has 7 heteroatoms. The van der Waals surface area contributed by atoms with Crippen molar-refractivity contribution >= 4 is 16.0 Å². The van der Waals surface area contributed by atoms with Crippen molar-refractivity contribution in [3.8, 4) is 0 Å². The molecule has 106 valence electrons. The minimum absolute atomic E-state index is 0.0671. The molecule has 0 aliphatic carbocycles. The van der Waals surface area contributed by atoms with Gasteiger partial charge in [-0.05, 0) is 24.6 Å². The molecule has 19 heavy (non-hydrogen) atoms. The lowest BCUT2D eigenvalue weighted by atomic mass is 10.2. The van der Waals surface area contributed by atoms with Gasteiger partial charge in [-0.15, -0.1) is 0 Å². The molecule has 0 aliphatic rings. The molecular weight excluding hydrogens is 273 g/mol. The van der Waals surface area contributed by atoms with Gasteiger partial charge in [-0.3, -0.25) is 4.79 Å². The molecule has 0 saturated carbocycles. The highest BCUT2D eigenvalue weighted by Gasteiger charge is 2.24. The van der Waals surface area contributed by atoms with E-state index in [-0.39, 0.29) is 17.9 Å². The highest BCUT2D eigenvalue weighted by Crippen LogP contribution is 2.19. The first-order chi connectivity index (χ1) is 8.78. The molecule has 1 aromatic rings. The zero-order valence-electron chi connectivity index (χ0n) is 11.0. The standard InChI is InChI=1S/C12H16FNO4S/c1-9-4-5-10(13)11(8-9)19(16,17)14(2)7-6-12(15)18-3/h4-5,8H,6-7H2,1-3H3. The van der Waals surface area contributed by atoms with E-state index < -0.39 is 21.8 Å². The van der Waals surface area contributed by atoms with E-state index in [1.807, 2.05) is 0 Å². The van der Waals surface area contributed by atoms with Crippen LogP contribution in [0.4, 0.5) is 4.39 Å². The van der Waals surface area contributed by atoms with Gasteiger partial charge in [0.05, 0.1) is 13.5 Å². The first kappa shape index (κ1) is 15.6. The highest BCUT2D eigenvalue weighted by molar-refractivity contribution is 7.89. The molecule has 5 nitrogen and oxygen atoms in total. The third kappa shape index (κ3) is 3.74. The Labute approximate surface area is 112 Å². The van der Waals surface area contributed by atoms with Gasteiger partial charge in [0.1, 0.15) is 10.7 Å². The van der Waals surface area contributed by atoms with Crippen molar-refractivity contribution in [2.45, 2.75) is 18.2 Å². The number of ether oxygens (including phenoxy) is 1. The smallest absolute Gasteiger partial charge is 0.306 e. The monoisotopic (exact) mass is 289 g/mol. The van der Waals surface area contributed by atoms with Crippen LogP contribution in [0.2, 0.25) is 0 Å². The summed E-state index contributed by atoms with van der Waals surface area (Å²) in [6.45, 7) is 1.61. The van der Waals surface area contributed by atoms with Crippen LogP contribution in [0.1, 0.15) is 12.0 Å². The molecular formula is C12H16FNO4S. The average Bonchev–Trinajstić information content (AvgIpc) is 2.37. The quantitative estimate of drug-likeness (QED) is 0.767. The van der Waals surface area contributed by atoms with Gasteiger partial charge in [0.25, 0.3) is 0 Å². The number of rotatable bonds is 5. The average molecular weight is 289 g/mol. The molecule has 0 spiro atoms. The molecule has 0 saturated heterocycles. The van der Waals surface area contributed by atoms with Crippen molar-refractivity contribution in [3.05, 3.63) is 29.6 Å². The van der Waals surface area contributed by atoms with Gasteiger partial charge in [-0.25, -0.2) is 17.1 Å². The van der Waals surface area contributed by atoms with E-state index in [1.54, 1.807) is 6.92 Å². The van der Waals surface area contributed by atoms with Crippen LogP contribution in [0.15, 0.2) is 23.1 Å². The molecule has 0 aliphatic heterocycles. The van der Waals surface area contributed by atoms with Crippen LogP contribution in [0.25, 0.3) is 0 Å². The van der Waals surface area contributed by atoms with Gasteiger partial charge < -0.3 is 4.74 Å². The topological polar surface area (TPSA) is 63.7 Å². The lowest BCUT2D eigenvalue weighted by Crippen LogP contribution is -2.30. The molecule has 0 atom stereocenters. The summed E-state index contributed by atoms with van der Waals surface area (Å²) in [5.41, 5.74) is 0.640. The zero-order valence-corrected chi connectivity index (χ0v) is 11.8. The number of benzene rings is 1. The van der Waals surface area contributed by atoms with Crippen LogP contribution in [-0.2, 0) is 19.6 Å². The molecule has 0 heterocycles. The van der Waals surface area contributed by atoms with Crippen molar-refractivity contribution in [2.24, 2.45) is 0 Å². The number of aryl methyl sites for hydroxylation is 1. The highest BCUT2D eigenvalue weighted by atomic mass is 32.2. The minimum atomic E-state index is -3.95. The van der Waals surface area contributed by atoms with Crippen molar-refractivity contribution in [2.75, 3.05) is 20.7 Å². The van der Waals surface area contributed by atoms with E-state index in [4.69, 9.17) is 0 Å². The number of hydrogen-bond acceptors (Lipinski definition) is 4. The molecule has 0 N–H and O–H groups in total. The molecule has 0 aromatic heterocycles. The summed E-state index contributed by atoms with van der Waals surface area (Å²) in [5, 5.41) is 0. The Morgan fingerprint density at radius 2 is 2.05 bits per heavy atom. The fourth-order valence-electron chi connectivity index (χ4n) is 1.45. The Kier molecular flexibility index (Phi) is 5.02. The maximum absolute atomic E-state index is 13.6. The van der Waals surface area contributed by atoms with Crippen molar-refractivity contribution in [1.29, 1.82) is 0 Å². The van der Waals surface area contributed by atoms with E-state index in [1.165, 1.54) is 26.3 Å². The first-order valence-corrected chi connectivity index (χ1v) is 7.02. The van der Waals surface area contributed by atoms with Gasteiger partial charge in [0.2, 0.25) is 10.0 Å². The Hall–Kier alpha value is -1.47. The van der Waals surface area contributed by atoms with Crippen LogP contribution in [0, 0.1) is 12.7 Å². The van der Waals surface area contributed by atoms with E-state index >= 15 is 0 Å². The molecule has 0 radical (unpaired) electrons. The second kappa shape index (κ2) is 6.12. The summed E-state index contributed by atoms with van der Waals surface area (Å²) >= 11 is 0. The summed E-state index contributed by atoms with van der Waals surface area (Å²) < 4.78 is 43.2. The van der Waals surface area contributed by atoms with Gasteiger partial charge in [0.15, 0.2) is 0 Å².